The van der Waals surface area contributed by atoms with Gasteiger partial charge in [-0.05, 0) is 12.8 Å². The summed E-state index contributed by atoms with van der Waals surface area (Å²) >= 11 is 0. The lowest BCUT2D eigenvalue weighted by Gasteiger charge is -2.17. The minimum Gasteiger partial charge on any atom is -0.370 e. The number of hydrogen-bond donors (Lipinski definition) is 2. The van der Waals surface area contributed by atoms with E-state index in [4.69, 9.17) is 0 Å². The molecule has 2 aliphatic heterocycles. The minimum atomic E-state index is 0.929. The number of nitrogens with one attached hydrogen (secondary N) is 2. The van der Waals surface area contributed by atoms with Crippen LogP contribution in [0.4, 0.5) is 0 Å². The van der Waals surface area contributed by atoms with Crippen LogP contribution in [0.3, 0.4) is 0 Å². The van der Waals surface area contributed by atoms with E-state index < -0.39 is 0 Å². The summed E-state index contributed by atoms with van der Waals surface area (Å²) in [5.74, 6) is 2.04. The van der Waals surface area contributed by atoms with Crippen LogP contribution in [0.15, 0.2) is 34.3 Å². The average molecular weight is 242 g/mol. The molecule has 0 saturated carbocycles. The summed E-state index contributed by atoms with van der Waals surface area (Å²) in [6.45, 7) is 3.90. The van der Waals surface area contributed by atoms with Gasteiger partial charge in [0.2, 0.25) is 0 Å². The van der Waals surface area contributed by atoms with Crippen LogP contribution in [0.5, 0.6) is 0 Å². The molecule has 1 aromatic carbocycles. The Morgan fingerprint density at radius 1 is 0.722 bits per heavy atom. The van der Waals surface area contributed by atoms with Crippen LogP contribution in [0.25, 0.3) is 0 Å². The molecule has 2 N–H and O–H groups in total. The molecular weight excluding hydrogens is 224 g/mol. The molecule has 4 nitrogen and oxygen atoms in total. The average Bonchev–Trinajstić information content (AvgIpc) is 2.49. The highest BCUT2D eigenvalue weighted by Crippen LogP contribution is 2.08. The second-order valence-corrected chi connectivity index (χ2v) is 4.60. The fourth-order valence-corrected chi connectivity index (χ4v) is 2.24. The molecule has 0 spiro atoms. The Bertz CT molecular complexity index is 428. The molecule has 94 valence electrons. The number of nitrogens with zero attached hydrogens (tertiary/aromatic N) is 2. The zero-order valence-electron chi connectivity index (χ0n) is 10.4. The zero-order valence-corrected chi connectivity index (χ0v) is 10.4. The van der Waals surface area contributed by atoms with E-state index in [1.54, 1.807) is 0 Å². The van der Waals surface area contributed by atoms with Gasteiger partial charge in [-0.1, -0.05) is 24.3 Å². The van der Waals surface area contributed by atoms with Gasteiger partial charge < -0.3 is 10.6 Å². The summed E-state index contributed by atoms with van der Waals surface area (Å²) in [4.78, 5) is 9.00. The summed E-state index contributed by atoms with van der Waals surface area (Å²) in [5.41, 5.74) is 2.32. The van der Waals surface area contributed by atoms with Gasteiger partial charge in [-0.25, -0.2) is 0 Å². The minimum absolute atomic E-state index is 0.929. The number of rotatable bonds is 2. The molecule has 0 fully saturated rings. The van der Waals surface area contributed by atoms with E-state index in [1.807, 2.05) is 0 Å². The van der Waals surface area contributed by atoms with Crippen molar-refractivity contribution in [1.82, 2.24) is 10.6 Å². The lowest BCUT2D eigenvalue weighted by molar-refractivity contribution is 0.741. The third-order valence-electron chi connectivity index (χ3n) is 3.23. The van der Waals surface area contributed by atoms with Gasteiger partial charge in [0.15, 0.2) is 0 Å². The molecule has 18 heavy (non-hydrogen) atoms. The molecule has 0 amide bonds. The van der Waals surface area contributed by atoms with Crippen molar-refractivity contribution in [3.63, 3.8) is 0 Å². The van der Waals surface area contributed by atoms with Crippen molar-refractivity contribution in [3.05, 3.63) is 35.4 Å². The summed E-state index contributed by atoms with van der Waals surface area (Å²) in [6, 6.07) is 8.47. The van der Waals surface area contributed by atoms with E-state index >= 15 is 0 Å². The quantitative estimate of drug-likeness (QED) is 0.818. The molecule has 2 aliphatic rings. The summed E-state index contributed by atoms with van der Waals surface area (Å²) in [7, 11) is 0. The Kier molecular flexibility index (Phi) is 3.26. The van der Waals surface area contributed by atoms with Crippen molar-refractivity contribution in [2.45, 2.75) is 12.8 Å². The van der Waals surface area contributed by atoms with Crippen LogP contribution < -0.4 is 10.6 Å². The molecule has 0 atom stereocenters. The van der Waals surface area contributed by atoms with Gasteiger partial charge in [0.25, 0.3) is 0 Å². The molecule has 4 heteroatoms. The van der Waals surface area contributed by atoms with Gasteiger partial charge in [-0.2, -0.15) is 0 Å². The van der Waals surface area contributed by atoms with Crippen LogP contribution in [0.1, 0.15) is 24.0 Å². The lowest BCUT2D eigenvalue weighted by Crippen LogP contribution is -2.31. The first-order chi connectivity index (χ1) is 8.93. The fourth-order valence-electron chi connectivity index (χ4n) is 2.24. The van der Waals surface area contributed by atoms with E-state index in [0.29, 0.717) is 0 Å². The van der Waals surface area contributed by atoms with E-state index in [2.05, 4.69) is 44.9 Å². The molecule has 2 heterocycles. The largest absolute Gasteiger partial charge is 0.370 e. The maximum atomic E-state index is 4.50. The topological polar surface area (TPSA) is 48.8 Å². The first-order valence-electron chi connectivity index (χ1n) is 6.61. The Hall–Kier alpha value is -1.84. The number of hydrogen-bond acceptors (Lipinski definition) is 4. The first kappa shape index (κ1) is 11.3. The standard InChI is InChI=1S/C14H18N4/c1-7-15-13(16-8-1)11-3-5-12(6-4-11)14-17-9-2-10-18-14/h3-6H,1-2,7-10H2,(H,15,16)(H,17,18). The van der Waals surface area contributed by atoms with Crippen molar-refractivity contribution in [2.75, 3.05) is 26.2 Å². The molecule has 0 unspecified atom stereocenters. The van der Waals surface area contributed by atoms with Gasteiger partial charge in [0.1, 0.15) is 11.7 Å². The highest BCUT2D eigenvalue weighted by atomic mass is 15.0. The zero-order chi connectivity index (χ0) is 12.2. The molecule has 0 aliphatic carbocycles. The SMILES string of the molecule is c1cc(C2=NCCCN2)ccc1C1=NCCCN1. The van der Waals surface area contributed by atoms with Crippen molar-refractivity contribution in [2.24, 2.45) is 9.98 Å². The van der Waals surface area contributed by atoms with Crippen molar-refractivity contribution in [3.8, 4) is 0 Å². The smallest absolute Gasteiger partial charge is 0.128 e. The second-order valence-electron chi connectivity index (χ2n) is 4.60. The summed E-state index contributed by atoms with van der Waals surface area (Å²) in [5, 5.41) is 6.68. The highest BCUT2D eigenvalue weighted by Gasteiger charge is 2.09. The van der Waals surface area contributed by atoms with Crippen LogP contribution in [-0.2, 0) is 0 Å². The summed E-state index contributed by atoms with van der Waals surface area (Å²) < 4.78 is 0. The number of aliphatic imine (C=N–C) groups is 2. The van der Waals surface area contributed by atoms with E-state index in [-0.39, 0.29) is 0 Å². The van der Waals surface area contributed by atoms with Crippen LogP contribution in [0.2, 0.25) is 0 Å². The van der Waals surface area contributed by atoms with Crippen molar-refractivity contribution >= 4 is 11.7 Å². The monoisotopic (exact) mass is 242 g/mol. The Morgan fingerprint density at radius 2 is 1.17 bits per heavy atom. The van der Waals surface area contributed by atoms with Gasteiger partial charge in [0.05, 0.1) is 0 Å². The van der Waals surface area contributed by atoms with Gasteiger partial charge >= 0.3 is 0 Å². The van der Waals surface area contributed by atoms with Crippen LogP contribution in [0, 0.1) is 0 Å². The maximum Gasteiger partial charge on any atom is 0.128 e. The molecule has 3 rings (SSSR count). The lowest BCUT2D eigenvalue weighted by atomic mass is 10.1. The van der Waals surface area contributed by atoms with E-state index in [1.165, 1.54) is 0 Å². The highest BCUT2D eigenvalue weighted by molar-refractivity contribution is 6.02. The predicted molar refractivity (Wildman–Crippen MR) is 74.5 cm³/mol. The fraction of sp³-hybridized carbons (Fsp3) is 0.429. The van der Waals surface area contributed by atoms with Crippen LogP contribution in [-0.4, -0.2) is 37.9 Å². The van der Waals surface area contributed by atoms with Crippen molar-refractivity contribution < 1.29 is 0 Å². The predicted octanol–water partition coefficient (Wildman–Crippen LogP) is 1.17. The molecule has 0 bridgehead atoms. The van der Waals surface area contributed by atoms with Gasteiger partial charge in [-0.3, -0.25) is 9.98 Å². The molecule has 0 aromatic heterocycles. The van der Waals surface area contributed by atoms with Gasteiger partial charge in [-0.15, -0.1) is 0 Å². The Balaban J connectivity index is 1.80. The normalized spacial score (nSPS) is 19.3. The van der Waals surface area contributed by atoms with E-state index in [0.717, 1.165) is 61.8 Å². The molecular formula is C14H18N4. The van der Waals surface area contributed by atoms with Crippen LogP contribution >= 0.6 is 0 Å². The van der Waals surface area contributed by atoms with E-state index in [9.17, 15) is 0 Å². The summed E-state index contributed by atoms with van der Waals surface area (Å²) in [6.07, 6.45) is 2.25. The third kappa shape index (κ3) is 2.37. The third-order valence-corrected chi connectivity index (χ3v) is 3.23. The first-order valence-corrected chi connectivity index (χ1v) is 6.61. The molecule has 1 aromatic rings. The molecule has 0 saturated heterocycles. The van der Waals surface area contributed by atoms with Crippen molar-refractivity contribution in [1.29, 1.82) is 0 Å². The molecule has 0 radical (unpaired) electrons. The Labute approximate surface area is 107 Å². The maximum absolute atomic E-state index is 4.50. The number of amidine groups is 2. The second kappa shape index (κ2) is 5.21. The Morgan fingerprint density at radius 3 is 1.50 bits per heavy atom. The number of benzene rings is 1. The van der Waals surface area contributed by atoms with Gasteiger partial charge in [0, 0.05) is 37.3 Å².